The third-order valence-electron chi connectivity index (χ3n) is 4.08. The fourth-order valence-electron chi connectivity index (χ4n) is 2.94. The van der Waals surface area contributed by atoms with E-state index < -0.39 is 0 Å². The number of ether oxygens (including phenoxy) is 3. The Hall–Kier alpha value is -1.16. The van der Waals surface area contributed by atoms with Crippen molar-refractivity contribution in [1.82, 2.24) is 0 Å². The summed E-state index contributed by atoms with van der Waals surface area (Å²) < 4.78 is 18.3. The van der Waals surface area contributed by atoms with Gasteiger partial charge in [-0.3, -0.25) is 0 Å². The van der Waals surface area contributed by atoms with E-state index in [2.05, 4.69) is 26.3 Å². The van der Waals surface area contributed by atoms with Crippen LogP contribution in [0.4, 0.5) is 0 Å². The highest BCUT2D eigenvalue weighted by atomic mass is 16.6. The zero-order valence-corrected chi connectivity index (χ0v) is 14.3. The topological polar surface area (TPSA) is 27.7 Å². The highest BCUT2D eigenvalue weighted by molar-refractivity contribution is 4.87. The molecule has 0 aromatic carbocycles. The minimum atomic E-state index is 0.0695. The smallest absolute Gasteiger partial charge is 0.0844 e. The molecule has 0 radical (unpaired) electrons. The summed E-state index contributed by atoms with van der Waals surface area (Å²) in [6, 6.07) is 0. The van der Waals surface area contributed by atoms with Crippen molar-refractivity contribution in [1.29, 1.82) is 0 Å². The average molecular weight is 320 g/mol. The van der Waals surface area contributed by atoms with Crippen LogP contribution < -0.4 is 0 Å². The predicted molar refractivity (Wildman–Crippen MR) is 96.6 cm³/mol. The molecule has 3 heteroatoms. The molecule has 0 spiro atoms. The molecule has 23 heavy (non-hydrogen) atoms. The molecule has 1 aliphatic heterocycles. The monoisotopic (exact) mass is 320 g/mol. The highest BCUT2D eigenvalue weighted by Crippen LogP contribution is 2.28. The van der Waals surface area contributed by atoms with Crippen LogP contribution in [0.3, 0.4) is 0 Å². The van der Waals surface area contributed by atoms with E-state index in [0.29, 0.717) is 13.2 Å². The van der Waals surface area contributed by atoms with E-state index in [-0.39, 0.29) is 24.4 Å². The van der Waals surface area contributed by atoms with E-state index >= 15 is 0 Å². The molecule has 0 amide bonds. The van der Waals surface area contributed by atoms with Crippen molar-refractivity contribution < 1.29 is 14.2 Å². The van der Waals surface area contributed by atoms with Gasteiger partial charge in [-0.25, -0.2) is 0 Å². The van der Waals surface area contributed by atoms with Crippen molar-refractivity contribution in [2.45, 2.75) is 62.9 Å². The van der Waals surface area contributed by atoms with Crippen molar-refractivity contribution in [3.63, 3.8) is 0 Å². The molecule has 130 valence electrons. The largest absolute Gasteiger partial charge is 0.371 e. The van der Waals surface area contributed by atoms with Crippen LogP contribution in [0.5, 0.6) is 0 Å². The average Bonchev–Trinajstić information content (AvgIpc) is 2.73. The first-order valence-electron chi connectivity index (χ1n) is 8.59. The molecular formula is C20H32O3. The van der Waals surface area contributed by atoms with E-state index in [1.54, 1.807) is 12.2 Å². The summed E-state index contributed by atoms with van der Waals surface area (Å²) in [7, 11) is 0. The molecule has 0 aromatic heterocycles. The van der Waals surface area contributed by atoms with E-state index in [1.165, 1.54) is 0 Å². The van der Waals surface area contributed by atoms with Crippen LogP contribution in [-0.2, 0) is 14.2 Å². The Morgan fingerprint density at radius 2 is 1.17 bits per heavy atom. The summed E-state index contributed by atoms with van der Waals surface area (Å²) in [5, 5.41) is 0. The van der Waals surface area contributed by atoms with E-state index in [9.17, 15) is 0 Å². The van der Waals surface area contributed by atoms with Crippen LogP contribution in [0, 0.1) is 0 Å². The van der Waals surface area contributed by atoms with E-state index in [1.807, 2.05) is 12.2 Å². The van der Waals surface area contributed by atoms with Gasteiger partial charge < -0.3 is 14.2 Å². The van der Waals surface area contributed by atoms with E-state index in [0.717, 1.165) is 38.5 Å². The summed E-state index contributed by atoms with van der Waals surface area (Å²) >= 11 is 0. The Bertz CT molecular complexity index is 330. The Kier molecular flexibility index (Phi) is 10.6. The van der Waals surface area contributed by atoms with Crippen LogP contribution in [0.25, 0.3) is 0 Å². The molecule has 0 saturated carbocycles. The third-order valence-corrected chi connectivity index (χ3v) is 4.08. The fourth-order valence-corrected chi connectivity index (χ4v) is 2.94. The summed E-state index contributed by atoms with van der Waals surface area (Å²) in [6.07, 6.45) is 13.3. The minimum Gasteiger partial charge on any atom is -0.371 e. The van der Waals surface area contributed by atoms with Gasteiger partial charge in [0, 0.05) is 0 Å². The Morgan fingerprint density at radius 1 is 0.739 bits per heavy atom. The van der Waals surface area contributed by atoms with Gasteiger partial charge >= 0.3 is 0 Å². The van der Waals surface area contributed by atoms with Crippen molar-refractivity contribution in [2.75, 3.05) is 13.2 Å². The van der Waals surface area contributed by atoms with Crippen molar-refractivity contribution in [3.8, 4) is 0 Å². The molecule has 0 unspecified atom stereocenters. The molecule has 1 saturated heterocycles. The van der Waals surface area contributed by atoms with Gasteiger partial charge in [0.1, 0.15) is 0 Å². The number of rotatable bonds is 12. The number of hydrogen-bond acceptors (Lipinski definition) is 3. The lowest BCUT2D eigenvalue weighted by Crippen LogP contribution is -2.36. The molecular weight excluding hydrogens is 288 g/mol. The summed E-state index contributed by atoms with van der Waals surface area (Å²) in [5.41, 5.74) is 0. The summed E-state index contributed by atoms with van der Waals surface area (Å²) in [5.74, 6) is 0. The van der Waals surface area contributed by atoms with Gasteiger partial charge in [-0.2, -0.15) is 0 Å². The molecule has 1 rings (SSSR count). The molecule has 4 atom stereocenters. The second-order valence-corrected chi connectivity index (χ2v) is 5.84. The molecule has 0 aromatic rings. The maximum Gasteiger partial charge on any atom is 0.0844 e. The zero-order chi connectivity index (χ0) is 16.9. The van der Waals surface area contributed by atoms with Crippen molar-refractivity contribution in [2.24, 2.45) is 0 Å². The molecule has 0 bridgehead atoms. The normalized spacial score (nSPS) is 27.8. The number of allylic oxidation sites excluding steroid dienone is 2. The lowest BCUT2D eigenvalue weighted by molar-refractivity contribution is -0.120. The van der Waals surface area contributed by atoms with Gasteiger partial charge in [0.25, 0.3) is 0 Å². The van der Waals surface area contributed by atoms with Crippen LogP contribution in [0.15, 0.2) is 50.6 Å². The van der Waals surface area contributed by atoms with E-state index in [4.69, 9.17) is 14.2 Å². The van der Waals surface area contributed by atoms with Gasteiger partial charge in [-0.15, -0.1) is 26.3 Å². The summed E-state index contributed by atoms with van der Waals surface area (Å²) in [4.78, 5) is 0. The van der Waals surface area contributed by atoms with Gasteiger partial charge in [0.2, 0.25) is 0 Å². The SMILES string of the molecule is C=CCC[C@@H]1O[C@H](CCC=C)[C@@H](OCC=C)CC[C@H]1OCC=C. The first-order chi connectivity index (χ1) is 11.3. The van der Waals surface area contributed by atoms with Gasteiger partial charge in [-0.1, -0.05) is 24.3 Å². The van der Waals surface area contributed by atoms with Crippen LogP contribution in [0.1, 0.15) is 38.5 Å². The molecule has 1 fully saturated rings. The second-order valence-electron chi connectivity index (χ2n) is 5.84. The molecule has 0 N–H and O–H groups in total. The summed E-state index contributed by atoms with van der Waals surface area (Å²) in [6.45, 7) is 16.2. The molecule has 1 heterocycles. The van der Waals surface area contributed by atoms with Gasteiger partial charge in [0.15, 0.2) is 0 Å². The third kappa shape index (κ3) is 7.30. The number of hydrogen-bond donors (Lipinski definition) is 0. The quantitative estimate of drug-likeness (QED) is 0.492. The van der Waals surface area contributed by atoms with Crippen molar-refractivity contribution >= 4 is 0 Å². The first kappa shape index (κ1) is 19.9. The zero-order valence-electron chi connectivity index (χ0n) is 14.3. The van der Waals surface area contributed by atoms with Gasteiger partial charge in [0.05, 0.1) is 37.6 Å². The predicted octanol–water partition coefficient (Wildman–Crippen LogP) is 4.61. The van der Waals surface area contributed by atoms with Crippen LogP contribution >= 0.6 is 0 Å². The standard InChI is InChI=1S/C20H32O3/c1-5-9-11-19-17(21-15-7-3)13-14-18(22-16-8-4)20(23-19)12-10-6-2/h5-8,17-20H,1-4,9-16H2/t17-,18+,19+,20-. The Balaban J connectivity index is 2.80. The minimum absolute atomic E-state index is 0.0695. The second kappa shape index (κ2) is 12.3. The van der Waals surface area contributed by atoms with Crippen molar-refractivity contribution in [3.05, 3.63) is 50.6 Å². The lowest BCUT2D eigenvalue weighted by atomic mass is 10.0. The molecule has 1 aliphatic rings. The van der Waals surface area contributed by atoms with Crippen LogP contribution in [-0.4, -0.2) is 37.6 Å². The Morgan fingerprint density at radius 3 is 1.52 bits per heavy atom. The first-order valence-corrected chi connectivity index (χ1v) is 8.59. The fraction of sp³-hybridized carbons (Fsp3) is 0.600. The molecule has 0 aliphatic carbocycles. The van der Waals surface area contributed by atoms with Gasteiger partial charge in [-0.05, 0) is 38.5 Å². The Labute approximate surface area is 141 Å². The van der Waals surface area contributed by atoms with Crippen LogP contribution in [0.2, 0.25) is 0 Å². The maximum absolute atomic E-state index is 6.42. The molecule has 3 nitrogen and oxygen atoms in total. The highest BCUT2D eigenvalue weighted by Gasteiger charge is 2.34. The lowest BCUT2D eigenvalue weighted by Gasteiger charge is -2.29. The maximum atomic E-state index is 6.42.